The molecule has 0 radical (unpaired) electrons. The molecule has 5 aromatic rings. The third-order valence-electron chi connectivity index (χ3n) is 7.08. The van der Waals surface area contributed by atoms with E-state index in [0.717, 1.165) is 70.1 Å². The van der Waals surface area contributed by atoms with E-state index in [1.807, 2.05) is 18.3 Å². The zero-order valence-electron chi connectivity index (χ0n) is 24.7. The molecule has 44 heavy (non-hydrogen) atoms. The fraction of sp³-hybridized carbons (Fsp3) is 0.176. The summed E-state index contributed by atoms with van der Waals surface area (Å²) < 4.78 is 6.75. The van der Waals surface area contributed by atoms with E-state index in [9.17, 15) is 0 Å². The van der Waals surface area contributed by atoms with Crippen LogP contribution in [0, 0.1) is 0 Å². The zero-order valence-corrected chi connectivity index (χ0v) is 25.5. The van der Waals surface area contributed by atoms with Crippen LogP contribution in [0.3, 0.4) is 0 Å². The number of benzene rings is 2. The number of ether oxygens (including phenoxy) is 1. The van der Waals surface area contributed by atoms with Gasteiger partial charge in [-0.05, 0) is 35.4 Å². The van der Waals surface area contributed by atoms with Crippen LogP contribution in [0.1, 0.15) is 16.0 Å². The molecule has 1 fully saturated rings. The first-order valence-corrected chi connectivity index (χ1v) is 15.0. The maximum Gasteiger partial charge on any atom is 0.162 e. The van der Waals surface area contributed by atoms with Gasteiger partial charge in [-0.3, -0.25) is 10.5 Å². The summed E-state index contributed by atoms with van der Waals surface area (Å²) in [4.78, 5) is 13.7. The highest BCUT2D eigenvalue weighted by Gasteiger charge is 2.21. The summed E-state index contributed by atoms with van der Waals surface area (Å²) in [6.45, 7) is 21.5. The number of hydrogen-bond acceptors (Lipinski definition) is 9. The molecule has 1 aliphatic heterocycles. The number of thiophene rings is 1. The van der Waals surface area contributed by atoms with Gasteiger partial charge < -0.3 is 15.0 Å². The van der Waals surface area contributed by atoms with Gasteiger partial charge in [0, 0.05) is 60.0 Å². The lowest BCUT2D eigenvalue weighted by atomic mass is 10.1. The number of rotatable bonds is 11. The van der Waals surface area contributed by atoms with Crippen LogP contribution in [-0.2, 0) is 17.7 Å². The van der Waals surface area contributed by atoms with Gasteiger partial charge in [-0.2, -0.15) is 10.2 Å². The molecule has 0 amide bonds. The normalized spacial score (nSPS) is 12.7. The van der Waals surface area contributed by atoms with Crippen molar-refractivity contribution in [2.75, 3.05) is 31.2 Å². The molecule has 2 aromatic carbocycles. The monoisotopic (exact) mass is 604 g/mol. The number of hydrogen-bond donors (Lipinski definition) is 3. The Kier molecular flexibility index (Phi) is 9.96. The second kappa shape index (κ2) is 14.4. The first-order valence-electron chi connectivity index (χ1n) is 14.2. The highest BCUT2D eigenvalue weighted by atomic mass is 32.1. The third-order valence-corrected chi connectivity index (χ3v) is 8.20. The van der Waals surface area contributed by atoms with Crippen LogP contribution in [0.25, 0.3) is 32.5 Å². The highest BCUT2D eigenvalue weighted by Crippen LogP contribution is 2.36. The molecule has 0 aliphatic carbocycles. The lowest BCUT2D eigenvalue weighted by Crippen LogP contribution is -2.36. The van der Waals surface area contributed by atoms with Gasteiger partial charge in [0.2, 0.25) is 0 Å². The fourth-order valence-corrected chi connectivity index (χ4v) is 5.88. The largest absolute Gasteiger partial charge is 0.381 e. The van der Waals surface area contributed by atoms with E-state index < -0.39 is 0 Å². The van der Waals surface area contributed by atoms with E-state index >= 15 is 0 Å². The van der Waals surface area contributed by atoms with Crippen LogP contribution in [0.15, 0.2) is 110 Å². The average Bonchev–Trinajstić information content (AvgIpc) is 3.71. The first kappa shape index (κ1) is 30.4. The van der Waals surface area contributed by atoms with Crippen molar-refractivity contribution in [3.05, 3.63) is 121 Å². The van der Waals surface area contributed by atoms with Gasteiger partial charge in [0.05, 0.1) is 35.1 Å². The maximum atomic E-state index is 5.62. The second-order valence-electron chi connectivity index (χ2n) is 10.1. The number of fused-ring (bicyclic) bond motifs is 2. The number of nitrogens with zero attached hydrogens (tertiary/aromatic N) is 5. The summed E-state index contributed by atoms with van der Waals surface area (Å²) in [5.74, 6) is 1.72. The summed E-state index contributed by atoms with van der Waals surface area (Å²) in [6.07, 6.45) is 5.99. The molecule has 3 N–H and O–H groups in total. The minimum atomic E-state index is 0.662. The van der Waals surface area contributed by atoms with E-state index in [1.165, 1.54) is 16.0 Å². The number of hydrazone groups is 1. The molecule has 0 unspecified atom stereocenters. The Hall–Kier alpha value is -5.06. The lowest BCUT2D eigenvalue weighted by Gasteiger charge is -2.28. The van der Waals surface area contributed by atoms with Crippen molar-refractivity contribution in [2.24, 2.45) is 5.10 Å². The molecule has 0 saturated carbocycles. The SMILES string of the molecule is C=CC(=C)NCc1ccc(Cc2cc3nc(-c4cccc5[nH]ncc45)nc(N4CCOCC4)c3s2)cc1.C=CC(=C)NN=C. The number of anilines is 1. The molecule has 0 spiro atoms. The summed E-state index contributed by atoms with van der Waals surface area (Å²) in [5, 5.41) is 14.9. The number of morpholine rings is 1. The number of allylic oxidation sites excluding steroid dienone is 2. The van der Waals surface area contributed by atoms with Crippen molar-refractivity contribution in [1.82, 2.24) is 30.9 Å². The van der Waals surface area contributed by atoms with Crippen molar-refractivity contribution < 1.29 is 4.74 Å². The van der Waals surface area contributed by atoms with Gasteiger partial charge in [-0.25, -0.2) is 9.97 Å². The molecule has 224 valence electrons. The molecule has 0 bridgehead atoms. The van der Waals surface area contributed by atoms with Crippen LogP contribution in [0.4, 0.5) is 5.82 Å². The van der Waals surface area contributed by atoms with E-state index in [0.29, 0.717) is 18.9 Å². The molecule has 6 rings (SSSR count). The topological polar surface area (TPSA) is 103 Å². The van der Waals surface area contributed by atoms with Crippen LogP contribution in [0.2, 0.25) is 0 Å². The van der Waals surface area contributed by atoms with Crippen LogP contribution in [-0.4, -0.2) is 53.2 Å². The third kappa shape index (κ3) is 7.28. The quantitative estimate of drug-likeness (QED) is 0.0918. The van der Waals surface area contributed by atoms with Crippen molar-refractivity contribution in [3.63, 3.8) is 0 Å². The Morgan fingerprint density at radius 2 is 1.77 bits per heavy atom. The van der Waals surface area contributed by atoms with E-state index in [1.54, 1.807) is 23.5 Å². The Labute approximate surface area is 261 Å². The van der Waals surface area contributed by atoms with Crippen LogP contribution < -0.4 is 15.6 Å². The van der Waals surface area contributed by atoms with Crippen molar-refractivity contribution >= 4 is 45.0 Å². The highest BCUT2D eigenvalue weighted by molar-refractivity contribution is 7.19. The number of aromatic nitrogens is 4. The maximum absolute atomic E-state index is 5.62. The fourth-order valence-electron chi connectivity index (χ4n) is 4.74. The Morgan fingerprint density at radius 1 is 1.02 bits per heavy atom. The standard InChI is InChI=1S/C29H28N6OS.C5H8N2/c1-3-19(2)30-17-21-9-7-20(8-10-21)15-22-16-26-27(37-22)29(35-11-13-36-14-12-35)33-28(32-26)23-5-4-6-25-24(23)18-31-34-25;1-4-5(2)7-6-3/h3-10,16,18,30H,1-2,11-15,17H2,(H,31,34);4,7H,1-3H2. The zero-order chi connectivity index (χ0) is 30.9. The van der Waals surface area contributed by atoms with Gasteiger partial charge in [0.1, 0.15) is 0 Å². The van der Waals surface area contributed by atoms with Gasteiger partial charge in [-0.15, -0.1) is 11.3 Å². The first-order chi connectivity index (χ1) is 21.5. The Balaban J connectivity index is 0.000000493. The predicted octanol–water partition coefficient (Wildman–Crippen LogP) is 6.34. The van der Waals surface area contributed by atoms with Crippen LogP contribution in [0.5, 0.6) is 0 Å². The van der Waals surface area contributed by atoms with Crippen molar-refractivity contribution in [2.45, 2.75) is 13.0 Å². The number of nitrogens with one attached hydrogen (secondary N) is 3. The molecule has 4 heterocycles. The molecule has 10 heteroatoms. The number of aromatic amines is 1. The van der Waals surface area contributed by atoms with Crippen LogP contribution >= 0.6 is 11.3 Å². The minimum absolute atomic E-state index is 0.662. The molecule has 1 saturated heterocycles. The van der Waals surface area contributed by atoms with E-state index in [4.69, 9.17) is 14.7 Å². The minimum Gasteiger partial charge on any atom is -0.381 e. The van der Waals surface area contributed by atoms with Crippen molar-refractivity contribution in [1.29, 1.82) is 0 Å². The summed E-state index contributed by atoms with van der Waals surface area (Å²) >= 11 is 1.78. The van der Waals surface area contributed by atoms with Gasteiger partial charge in [0.15, 0.2) is 11.6 Å². The van der Waals surface area contributed by atoms with Gasteiger partial charge >= 0.3 is 0 Å². The molecule has 1 aliphatic rings. The smallest absolute Gasteiger partial charge is 0.162 e. The summed E-state index contributed by atoms with van der Waals surface area (Å²) in [6, 6.07) is 17.0. The summed E-state index contributed by atoms with van der Waals surface area (Å²) in [5.41, 5.74) is 9.41. The molecule has 9 nitrogen and oxygen atoms in total. The lowest BCUT2D eigenvalue weighted by molar-refractivity contribution is 0.122. The predicted molar refractivity (Wildman–Crippen MR) is 183 cm³/mol. The van der Waals surface area contributed by atoms with Gasteiger partial charge in [-0.1, -0.05) is 62.7 Å². The van der Waals surface area contributed by atoms with E-state index in [-0.39, 0.29) is 0 Å². The Bertz CT molecular complexity index is 1800. The molecule has 3 aromatic heterocycles. The Morgan fingerprint density at radius 3 is 2.48 bits per heavy atom. The molecule has 0 atom stereocenters. The summed E-state index contributed by atoms with van der Waals surface area (Å²) in [7, 11) is 0. The van der Waals surface area contributed by atoms with Crippen molar-refractivity contribution in [3.8, 4) is 11.4 Å². The van der Waals surface area contributed by atoms with Gasteiger partial charge in [0.25, 0.3) is 0 Å². The molecular formula is C34H36N8OS. The number of H-pyrrole nitrogens is 1. The average molecular weight is 605 g/mol. The second-order valence-corrected chi connectivity index (χ2v) is 11.2. The molecular weight excluding hydrogens is 568 g/mol. The van der Waals surface area contributed by atoms with E-state index in [2.05, 4.69) is 100 Å².